The van der Waals surface area contributed by atoms with Gasteiger partial charge in [0.1, 0.15) is 0 Å². The number of nitrogens with one attached hydrogen (secondary N) is 1. The van der Waals surface area contributed by atoms with Crippen molar-refractivity contribution in [2.24, 2.45) is 5.92 Å². The molecule has 1 atom stereocenters. The fourth-order valence-electron chi connectivity index (χ4n) is 3.52. The fourth-order valence-corrected chi connectivity index (χ4v) is 3.52. The lowest BCUT2D eigenvalue weighted by molar-refractivity contribution is -0.141. The van der Waals surface area contributed by atoms with Crippen LogP contribution < -0.4 is 5.32 Å². The monoisotopic (exact) mass is 315 g/mol. The third-order valence-corrected chi connectivity index (χ3v) is 5.00. The summed E-state index contributed by atoms with van der Waals surface area (Å²) in [6, 6.07) is 0.240. The predicted molar refractivity (Wildman–Crippen MR) is 83.4 cm³/mol. The molecular weight excluding hydrogens is 290 g/mol. The van der Waals surface area contributed by atoms with Crippen LogP contribution in [0.3, 0.4) is 0 Å². The van der Waals surface area contributed by atoms with Gasteiger partial charge in [-0.3, -0.25) is 9.59 Å². The Morgan fingerprint density at radius 1 is 1.19 bits per heavy atom. The fraction of sp³-hybridized carbons (Fsp3) is 0.867. The Labute approximate surface area is 132 Å². The second-order valence-corrected chi connectivity index (χ2v) is 6.40. The third-order valence-electron chi connectivity index (χ3n) is 5.00. The van der Waals surface area contributed by atoms with E-state index in [1.54, 1.807) is 0 Å². The molecule has 3 fully saturated rings. The van der Waals surface area contributed by atoms with Gasteiger partial charge < -0.3 is 15.1 Å². The average Bonchev–Trinajstić information content (AvgIpc) is 2.43. The van der Waals surface area contributed by atoms with Gasteiger partial charge in [0.25, 0.3) is 0 Å². The lowest BCUT2D eigenvalue weighted by atomic mass is 9.82. The quantitative estimate of drug-likeness (QED) is 0.846. The number of halogens is 1. The summed E-state index contributed by atoms with van der Waals surface area (Å²) < 4.78 is 0. The van der Waals surface area contributed by atoms with Crippen LogP contribution in [0.15, 0.2) is 0 Å². The van der Waals surface area contributed by atoms with Crippen LogP contribution in [0.4, 0.5) is 0 Å². The van der Waals surface area contributed by atoms with E-state index in [2.05, 4.69) is 5.32 Å². The molecule has 3 rings (SSSR count). The molecule has 2 heterocycles. The first-order valence-electron chi connectivity index (χ1n) is 8.02. The zero-order chi connectivity index (χ0) is 13.9. The van der Waals surface area contributed by atoms with Crippen LogP contribution in [0.2, 0.25) is 0 Å². The first-order chi connectivity index (χ1) is 9.74. The van der Waals surface area contributed by atoms with Gasteiger partial charge in [-0.2, -0.15) is 0 Å². The van der Waals surface area contributed by atoms with Gasteiger partial charge in [-0.15, -0.1) is 12.4 Å². The molecule has 1 aliphatic carbocycles. The normalized spacial score (nSPS) is 27.0. The largest absolute Gasteiger partial charge is 0.341 e. The van der Waals surface area contributed by atoms with E-state index in [9.17, 15) is 9.59 Å². The van der Waals surface area contributed by atoms with Crippen molar-refractivity contribution in [1.82, 2.24) is 15.1 Å². The van der Waals surface area contributed by atoms with Crippen molar-refractivity contribution < 1.29 is 9.59 Å². The Hall–Kier alpha value is -0.810. The summed E-state index contributed by atoms with van der Waals surface area (Å²) in [6.07, 6.45) is 6.52. The van der Waals surface area contributed by atoms with Crippen molar-refractivity contribution in [3.63, 3.8) is 0 Å². The highest BCUT2D eigenvalue weighted by atomic mass is 35.5. The summed E-state index contributed by atoms with van der Waals surface area (Å²) in [6.45, 7) is 3.73. The Morgan fingerprint density at radius 2 is 2.00 bits per heavy atom. The second-order valence-electron chi connectivity index (χ2n) is 6.40. The Balaban J connectivity index is 0.00000161. The van der Waals surface area contributed by atoms with Gasteiger partial charge in [-0.1, -0.05) is 6.42 Å². The van der Waals surface area contributed by atoms with E-state index in [0.717, 1.165) is 45.4 Å². The molecule has 1 saturated carbocycles. The maximum Gasteiger partial charge on any atom is 0.236 e. The first-order valence-corrected chi connectivity index (χ1v) is 8.02. The lowest BCUT2D eigenvalue weighted by Crippen LogP contribution is -2.57. The minimum absolute atomic E-state index is 0. The molecule has 1 N–H and O–H groups in total. The van der Waals surface area contributed by atoms with Gasteiger partial charge >= 0.3 is 0 Å². The summed E-state index contributed by atoms with van der Waals surface area (Å²) in [7, 11) is 0. The summed E-state index contributed by atoms with van der Waals surface area (Å²) in [5, 5.41) is 3.11. The van der Waals surface area contributed by atoms with Crippen molar-refractivity contribution in [2.45, 2.75) is 44.6 Å². The molecule has 2 amide bonds. The van der Waals surface area contributed by atoms with Crippen molar-refractivity contribution >= 4 is 24.2 Å². The van der Waals surface area contributed by atoms with Gasteiger partial charge in [0.05, 0.1) is 6.54 Å². The molecule has 0 bridgehead atoms. The maximum atomic E-state index is 12.3. The van der Waals surface area contributed by atoms with E-state index in [4.69, 9.17) is 0 Å². The SMILES string of the molecule is Cl.O=C(CC1CCC1)N1CCCC(N2CCNCC2=O)C1. The van der Waals surface area contributed by atoms with Crippen molar-refractivity contribution in [3.8, 4) is 0 Å². The number of rotatable bonds is 3. The zero-order valence-electron chi connectivity index (χ0n) is 12.6. The smallest absolute Gasteiger partial charge is 0.236 e. The standard InChI is InChI=1S/C15H25N3O2.ClH/c19-14(9-12-3-1-4-12)17-7-2-5-13(11-17)18-8-6-16-10-15(18)20;/h12-13,16H,1-11H2;1H. The minimum atomic E-state index is 0. The zero-order valence-corrected chi connectivity index (χ0v) is 13.4. The van der Waals surface area contributed by atoms with E-state index < -0.39 is 0 Å². The Kier molecular flexibility index (Phi) is 5.88. The van der Waals surface area contributed by atoms with Crippen LogP contribution in [0.5, 0.6) is 0 Å². The topological polar surface area (TPSA) is 52.7 Å². The van der Waals surface area contributed by atoms with Crippen LogP contribution in [-0.2, 0) is 9.59 Å². The number of carbonyl (C=O) groups is 2. The van der Waals surface area contributed by atoms with Gasteiger partial charge in [-0.25, -0.2) is 0 Å². The van der Waals surface area contributed by atoms with Crippen LogP contribution in [0, 0.1) is 5.92 Å². The molecule has 0 aromatic heterocycles. The van der Waals surface area contributed by atoms with E-state index in [-0.39, 0.29) is 24.4 Å². The summed E-state index contributed by atoms with van der Waals surface area (Å²) in [4.78, 5) is 28.3. The van der Waals surface area contributed by atoms with E-state index in [0.29, 0.717) is 18.4 Å². The molecule has 2 saturated heterocycles. The van der Waals surface area contributed by atoms with Gasteiger partial charge in [0.2, 0.25) is 11.8 Å². The van der Waals surface area contributed by atoms with E-state index in [1.165, 1.54) is 19.3 Å². The molecule has 5 nitrogen and oxygen atoms in total. The number of amides is 2. The number of hydrogen-bond donors (Lipinski definition) is 1. The van der Waals surface area contributed by atoms with Gasteiger partial charge in [0.15, 0.2) is 0 Å². The van der Waals surface area contributed by atoms with Crippen molar-refractivity contribution in [1.29, 1.82) is 0 Å². The van der Waals surface area contributed by atoms with Crippen LogP contribution >= 0.6 is 12.4 Å². The number of carbonyl (C=O) groups excluding carboxylic acids is 2. The van der Waals surface area contributed by atoms with E-state index in [1.807, 2.05) is 9.80 Å². The molecule has 3 aliphatic rings. The molecule has 0 aromatic rings. The molecule has 120 valence electrons. The highest BCUT2D eigenvalue weighted by Gasteiger charge is 2.32. The van der Waals surface area contributed by atoms with Gasteiger partial charge in [0, 0.05) is 38.6 Å². The Bertz CT molecular complexity index is 387. The summed E-state index contributed by atoms with van der Waals surface area (Å²) >= 11 is 0. The summed E-state index contributed by atoms with van der Waals surface area (Å²) in [5.74, 6) is 1.13. The third kappa shape index (κ3) is 3.89. The number of nitrogens with zero attached hydrogens (tertiary/aromatic N) is 2. The van der Waals surface area contributed by atoms with E-state index >= 15 is 0 Å². The molecule has 1 unspecified atom stereocenters. The number of hydrogen-bond acceptors (Lipinski definition) is 3. The van der Waals surface area contributed by atoms with Gasteiger partial charge in [-0.05, 0) is 31.6 Å². The maximum absolute atomic E-state index is 12.3. The number of piperidine rings is 1. The van der Waals surface area contributed by atoms with Crippen LogP contribution in [-0.4, -0.2) is 60.4 Å². The molecule has 6 heteroatoms. The molecule has 0 spiro atoms. The Morgan fingerprint density at radius 3 is 2.67 bits per heavy atom. The lowest BCUT2D eigenvalue weighted by Gasteiger charge is -2.41. The molecule has 21 heavy (non-hydrogen) atoms. The van der Waals surface area contributed by atoms with Crippen molar-refractivity contribution in [2.75, 3.05) is 32.7 Å². The molecule has 0 aromatic carbocycles. The molecular formula is C15H26ClN3O2. The number of piperazine rings is 1. The predicted octanol–water partition coefficient (Wildman–Crippen LogP) is 1.02. The molecule has 0 radical (unpaired) electrons. The molecule has 2 aliphatic heterocycles. The number of likely N-dealkylation sites (tertiary alicyclic amines) is 1. The second kappa shape index (κ2) is 7.45. The summed E-state index contributed by atoms with van der Waals surface area (Å²) in [5.41, 5.74) is 0. The van der Waals surface area contributed by atoms with Crippen molar-refractivity contribution in [3.05, 3.63) is 0 Å². The highest BCUT2D eigenvalue weighted by molar-refractivity contribution is 5.85. The minimum Gasteiger partial charge on any atom is -0.341 e. The first kappa shape index (κ1) is 16.6. The highest BCUT2D eigenvalue weighted by Crippen LogP contribution is 2.30. The van der Waals surface area contributed by atoms with Crippen LogP contribution in [0.25, 0.3) is 0 Å². The average molecular weight is 316 g/mol. The van der Waals surface area contributed by atoms with Crippen LogP contribution in [0.1, 0.15) is 38.5 Å².